The fraction of sp³-hybridized carbons (Fsp3) is 0.231. The molecule has 1 aromatic heterocycles. The molecule has 1 heterocycles. The van der Waals surface area contributed by atoms with Crippen molar-refractivity contribution >= 4 is 27.3 Å². The first-order valence-corrected chi connectivity index (χ1v) is 7.30. The molecule has 0 amide bonds. The van der Waals surface area contributed by atoms with E-state index in [1.54, 1.807) is 0 Å². The quantitative estimate of drug-likeness (QED) is 0.858. The molecule has 108 valence electrons. The van der Waals surface area contributed by atoms with Crippen molar-refractivity contribution in [1.29, 1.82) is 0 Å². The minimum absolute atomic E-state index is 0.244. The number of halogens is 4. The van der Waals surface area contributed by atoms with Crippen molar-refractivity contribution in [3.8, 4) is 5.75 Å². The molecule has 2 aromatic rings. The highest BCUT2D eigenvalue weighted by atomic mass is 79.9. The average molecular weight is 366 g/mol. The summed E-state index contributed by atoms with van der Waals surface area (Å²) in [6.45, 7) is 0.244. The van der Waals surface area contributed by atoms with Crippen LogP contribution >= 0.6 is 27.3 Å². The number of nitrogens with two attached hydrogens (primary N) is 1. The molecule has 0 bridgehead atoms. The molecule has 0 spiro atoms. The Kier molecular flexibility index (Phi) is 4.72. The lowest BCUT2D eigenvalue weighted by Gasteiger charge is -2.16. The van der Waals surface area contributed by atoms with Gasteiger partial charge in [-0.1, -0.05) is 0 Å². The Hall–Kier alpha value is -1.05. The molecule has 20 heavy (non-hydrogen) atoms. The van der Waals surface area contributed by atoms with Crippen LogP contribution in [0.2, 0.25) is 0 Å². The van der Waals surface area contributed by atoms with Gasteiger partial charge in [-0.25, -0.2) is 0 Å². The highest BCUT2D eigenvalue weighted by molar-refractivity contribution is 9.11. The van der Waals surface area contributed by atoms with Crippen LogP contribution in [0.4, 0.5) is 13.2 Å². The molecular weight excluding hydrogens is 355 g/mol. The zero-order chi connectivity index (χ0) is 14.8. The third-order valence-corrected chi connectivity index (χ3v) is 4.30. The summed E-state index contributed by atoms with van der Waals surface area (Å²) in [5.74, 6) is 0.359. The lowest BCUT2D eigenvalue weighted by Crippen LogP contribution is -2.17. The molecule has 1 atom stereocenters. The van der Waals surface area contributed by atoms with Gasteiger partial charge in [0.1, 0.15) is 11.9 Å². The summed E-state index contributed by atoms with van der Waals surface area (Å²) in [5.41, 5.74) is 4.95. The summed E-state index contributed by atoms with van der Waals surface area (Å²) in [5, 5.41) is 0. The zero-order valence-electron chi connectivity index (χ0n) is 10.2. The second-order valence-electron chi connectivity index (χ2n) is 4.01. The Labute approximate surface area is 126 Å². The van der Waals surface area contributed by atoms with Crippen LogP contribution in [-0.2, 0) is 6.18 Å². The summed E-state index contributed by atoms with van der Waals surface area (Å²) in [7, 11) is 0. The van der Waals surface area contributed by atoms with Crippen LogP contribution in [0.25, 0.3) is 0 Å². The summed E-state index contributed by atoms with van der Waals surface area (Å²) >= 11 is 4.82. The SMILES string of the molecule is NCC(Oc1ccc(C(F)(F)F)cc1)c1ccc(Br)s1. The van der Waals surface area contributed by atoms with Crippen LogP contribution in [0.3, 0.4) is 0 Å². The molecule has 1 aromatic carbocycles. The minimum Gasteiger partial charge on any atom is -0.484 e. The maximum atomic E-state index is 12.5. The topological polar surface area (TPSA) is 35.2 Å². The molecule has 0 saturated carbocycles. The Morgan fingerprint density at radius 2 is 1.80 bits per heavy atom. The van der Waals surface area contributed by atoms with Crippen LogP contribution in [0.1, 0.15) is 16.5 Å². The fourth-order valence-electron chi connectivity index (χ4n) is 1.61. The Bertz CT molecular complexity index is 568. The monoisotopic (exact) mass is 365 g/mol. The second-order valence-corrected chi connectivity index (χ2v) is 6.50. The summed E-state index contributed by atoms with van der Waals surface area (Å²) in [6.07, 6.45) is -4.72. The van der Waals surface area contributed by atoms with E-state index in [0.29, 0.717) is 5.75 Å². The second kappa shape index (κ2) is 6.15. The summed E-state index contributed by atoms with van der Waals surface area (Å²) < 4.78 is 43.9. The molecule has 0 fully saturated rings. The smallest absolute Gasteiger partial charge is 0.416 e. The first-order chi connectivity index (χ1) is 9.40. The minimum atomic E-state index is -4.34. The number of hydrogen-bond donors (Lipinski definition) is 1. The van der Waals surface area contributed by atoms with E-state index in [1.807, 2.05) is 12.1 Å². The Morgan fingerprint density at radius 3 is 2.25 bits per heavy atom. The highest BCUT2D eigenvalue weighted by Gasteiger charge is 2.30. The first kappa shape index (κ1) is 15.3. The molecule has 0 radical (unpaired) electrons. The number of benzene rings is 1. The van der Waals surface area contributed by atoms with E-state index in [4.69, 9.17) is 10.5 Å². The van der Waals surface area contributed by atoms with E-state index in [2.05, 4.69) is 15.9 Å². The Morgan fingerprint density at radius 1 is 1.15 bits per heavy atom. The molecule has 1 unspecified atom stereocenters. The van der Waals surface area contributed by atoms with Crippen LogP contribution in [-0.4, -0.2) is 6.54 Å². The van der Waals surface area contributed by atoms with Gasteiger partial charge in [0.25, 0.3) is 0 Å². The van der Waals surface area contributed by atoms with Crippen molar-refractivity contribution in [2.75, 3.05) is 6.54 Å². The van der Waals surface area contributed by atoms with E-state index in [1.165, 1.54) is 23.5 Å². The molecule has 0 aliphatic carbocycles. The van der Waals surface area contributed by atoms with Gasteiger partial charge < -0.3 is 10.5 Å². The van der Waals surface area contributed by atoms with Gasteiger partial charge in [0, 0.05) is 11.4 Å². The lowest BCUT2D eigenvalue weighted by molar-refractivity contribution is -0.137. The van der Waals surface area contributed by atoms with Gasteiger partial charge in [-0.2, -0.15) is 13.2 Å². The molecule has 7 heteroatoms. The van der Waals surface area contributed by atoms with Gasteiger partial charge in [0.15, 0.2) is 0 Å². The van der Waals surface area contributed by atoms with Crippen LogP contribution in [0, 0.1) is 0 Å². The van der Waals surface area contributed by atoms with Crippen molar-refractivity contribution in [1.82, 2.24) is 0 Å². The van der Waals surface area contributed by atoms with E-state index in [0.717, 1.165) is 20.8 Å². The van der Waals surface area contributed by atoms with Gasteiger partial charge >= 0.3 is 6.18 Å². The number of thiophene rings is 1. The standard InChI is InChI=1S/C13H11BrF3NOS/c14-12-6-5-11(20-12)10(7-18)19-9-3-1-8(2-4-9)13(15,16)17/h1-6,10H,7,18H2. The Balaban J connectivity index is 2.12. The third kappa shape index (κ3) is 3.74. The van der Waals surface area contributed by atoms with Gasteiger partial charge in [0.2, 0.25) is 0 Å². The fourth-order valence-corrected chi connectivity index (χ4v) is 3.08. The predicted octanol–water partition coefficient (Wildman–Crippen LogP) is 4.61. The van der Waals surface area contributed by atoms with Crippen LogP contribution in [0.5, 0.6) is 5.75 Å². The molecule has 2 nitrogen and oxygen atoms in total. The summed E-state index contributed by atoms with van der Waals surface area (Å²) in [4.78, 5) is 0.916. The van der Waals surface area contributed by atoms with Crippen molar-refractivity contribution in [2.24, 2.45) is 5.73 Å². The van der Waals surface area contributed by atoms with Gasteiger partial charge in [-0.15, -0.1) is 11.3 Å². The zero-order valence-corrected chi connectivity index (χ0v) is 12.6. The average Bonchev–Trinajstić information content (AvgIpc) is 2.82. The number of alkyl halides is 3. The van der Waals surface area contributed by atoms with Gasteiger partial charge in [0.05, 0.1) is 9.35 Å². The van der Waals surface area contributed by atoms with Crippen LogP contribution in [0.15, 0.2) is 40.2 Å². The maximum Gasteiger partial charge on any atom is 0.416 e. The van der Waals surface area contributed by atoms with Crippen LogP contribution < -0.4 is 10.5 Å². The molecule has 0 aliphatic rings. The van der Waals surface area contributed by atoms with Crippen molar-refractivity contribution in [3.05, 3.63) is 50.6 Å². The molecule has 2 rings (SSSR count). The number of ether oxygens (including phenoxy) is 1. The first-order valence-electron chi connectivity index (χ1n) is 5.69. The third-order valence-electron chi connectivity index (χ3n) is 2.59. The van der Waals surface area contributed by atoms with Crippen molar-refractivity contribution in [3.63, 3.8) is 0 Å². The number of hydrogen-bond acceptors (Lipinski definition) is 3. The summed E-state index contributed by atoms with van der Waals surface area (Å²) in [6, 6.07) is 8.33. The van der Waals surface area contributed by atoms with Gasteiger partial charge in [-0.3, -0.25) is 0 Å². The normalized spacial score (nSPS) is 13.2. The van der Waals surface area contributed by atoms with Gasteiger partial charge in [-0.05, 0) is 52.3 Å². The largest absolute Gasteiger partial charge is 0.484 e. The maximum absolute atomic E-state index is 12.5. The molecule has 0 aliphatic heterocycles. The predicted molar refractivity (Wildman–Crippen MR) is 75.9 cm³/mol. The van der Waals surface area contributed by atoms with Crippen molar-refractivity contribution in [2.45, 2.75) is 12.3 Å². The number of rotatable bonds is 4. The highest BCUT2D eigenvalue weighted by Crippen LogP contribution is 2.33. The van der Waals surface area contributed by atoms with E-state index >= 15 is 0 Å². The molecule has 0 saturated heterocycles. The molecule has 2 N–H and O–H groups in total. The van der Waals surface area contributed by atoms with Crippen molar-refractivity contribution < 1.29 is 17.9 Å². The van der Waals surface area contributed by atoms with E-state index in [9.17, 15) is 13.2 Å². The molecular formula is C13H11BrF3NOS. The lowest BCUT2D eigenvalue weighted by atomic mass is 10.2. The van der Waals surface area contributed by atoms with E-state index < -0.39 is 11.7 Å². The van der Waals surface area contributed by atoms with E-state index in [-0.39, 0.29) is 12.6 Å².